The third-order valence-electron chi connectivity index (χ3n) is 4.24. The van der Waals surface area contributed by atoms with E-state index in [1.807, 2.05) is 33.0 Å². The predicted octanol–water partition coefficient (Wildman–Crippen LogP) is 2.88. The zero-order valence-corrected chi connectivity index (χ0v) is 20.3. The molecule has 9 heteroatoms. The normalized spacial score (nSPS) is 14.2. The maximum atomic E-state index is 11.6. The van der Waals surface area contributed by atoms with Gasteiger partial charge in [0.2, 0.25) is 0 Å². The predicted molar refractivity (Wildman–Crippen MR) is 128 cm³/mol. The van der Waals surface area contributed by atoms with Crippen LogP contribution in [0.3, 0.4) is 0 Å². The van der Waals surface area contributed by atoms with Gasteiger partial charge in [0, 0.05) is 46.0 Å². The number of guanidine groups is 1. The molecule has 0 atom stereocenters. The highest BCUT2D eigenvalue weighted by molar-refractivity contribution is 14.0. The van der Waals surface area contributed by atoms with Crippen LogP contribution in [0.5, 0.6) is 0 Å². The number of halogens is 1. The fourth-order valence-corrected chi connectivity index (χ4v) is 2.90. The average molecular weight is 518 g/mol. The lowest BCUT2D eigenvalue weighted by Crippen LogP contribution is -2.39. The lowest BCUT2D eigenvalue weighted by molar-refractivity contribution is 0.0527. The minimum Gasteiger partial charge on any atom is -0.444 e. The van der Waals surface area contributed by atoms with Crippen molar-refractivity contribution in [1.82, 2.24) is 20.9 Å². The van der Waals surface area contributed by atoms with Crippen molar-refractivity contribution in [2.75, 3.05) is 38.1 Å². The molecule has 1 saturated heterocycles. The van der Waals surface area contributed by atoms with Gasteiger partial charge in [0.1, 0.15) is 11.4 Å². The van der Waals surface area contributed by atoms with Crippen molar-refractivity contribution < 1.29 is 9.53 Å². The third kappa shape index (κ3) is 10.00. The number of hydrogen-bond acceptors (Lipinski definition) is 5. The van der Waals surface area contributed by atoms with Gasteiger partial charge < -0.3 is 25.6 Å². The van der Waals surface area contributed by atoms with Gasteiger partial charge in [-0.05, 0) is 57.7 Å². The number of alkyl carbamates (subject to hydrolysis) is 1. The summed E-state index contributed by atoms with van der Waals surface area (Å²) in [6.07, 6.45) is 4.73. The first-order valence-electron chi connectivity index (χ1n) is 9.98. The van der Waals surface area contributed by atoms with Gasteiger partial charge in [0.05, 0.1) is 0 Å². The van der Waals surface area contributed by atoms with Crippen LogP contribution in [0.25, 0.3) is 0 Å². The maximum Gasteiger partial charge on any atom is 0.407 e. The number of aliphatic imine (C=N–C) groups is 1. The molecule has 1 aromatic rings. The quantitative estimate of drug-likeness (QED) is 0.223. The van der Waals surface area contributed by atoms with Crippen LogP contribution in [0, 0.1) is 0 Å². The van der Waals surface area contributed by atoms with Gasteiger partial charge in [-0.25, -0.2) is 9.78 Å². The standard InChI is InChI=1S/C20H34N6O2.HI/c1-20(2,3)28-19(27)24-10-7-9-23-18(21-4)25-15-16-8-11-22-17(14-16)26-12-5-6-13-26;/h8,11,14H,5-7,9-10,12-13,15H2,1-4H3,(H,24,27)(H2,21,23,25);1H. The monoisotopic (exact) mass is 518 g/mol. The first-order valence-corrected chi connectivity index (χ1v) is 9.98. The topological polar surface area (TPSA) is 90.9 Å². The van der Waals surface area contributed by atoms with Crippen molar-refractivity contribution in [2.24, 2.45) is 4.99 Å². The van der Waals surface area contributed by atoms with Gasteiger partial charge in [-0.1, -0.05) is 0 Å². The number of pyridine rings is 1. The van der Waals surface area contributed by atoms with E-state index in [9.17, 15) is 4.79 Å². The molecule has 0 aliphatic carbocycles. The Labute approximate surface area is 191 Å². The Kier molecular flexibility index (Phi) is 11.1. The number of aromatic nitrogens is 1. The first-order chi connectivity index (χ1) is 13.4. The van der Waals surface area contributed by atoms with Crippen molar-refractivity contribution in [2.45, 2.75) is 52.2 Å². The van der Waals surface area contributed by atoms with Crippen LogP contribution in [0.15, 0.2) is 23.3 Å². The van der Waals surface area contributed by atoms with E-state index in [0.29, 0.717) is 19.6 Å². The number of nitrogens with zero attached hydrogens (tertiary/aromatic N) is 3. The second kappa shape index (κ2) is 12.7. The second-order valence-electron chi connectivity index (χ2n) is 7.85. The molecule has 1 aromatic heterocycles. The van der Waals surface area contributed by atoms with Crippen LogP contribution in [-0.2, 0) is 11.3 Å². The summed E-state index contributed by atoms with van der Waals surface area (Å²) < 4.78 is 5.21. The summed E-state index contributed by atoms with van der Waals surface area (Å²) in [5.41, 5.74) is 0.696. The molecular formula is C20H35IN6O2. The van der Waals surface area contributed by atoms with E-state index in [0.717, 1.165) is 31.3 Å². The second-order valence-corrected chi connectivity index (χ2v) is 7.85. The number of hydrogen-bond donors (Lipinski definition) is 3. The zero-order chi connectivity index (χ0) is 20.4. The highest BCUT2D eigenvalue weighted by Gasteiger charge is 2.15. The molecule has 0 spiro atoms. The third-order valence-corrected chi connectivity index (χ3v) is 4.24. The summed E-state index contributed by atoms with van der Waals surface area (Å²) in [5.74, 6) is 1.78. The maximum absolute atomic E-state index is 11.6. The fraction of sp³-hybridized carbons (Fsp3) is 0.650. The smallest absolute Gasteiger partial charge is 0.407 e. The molecule has 0 saturated carbocycles. The Hall–Kier alpha value is -1.78. The molecular weight excluding hydrogens is 483 g/mol. The minimum atomic E-state index is -0.476. The van der Waals surface area contributed by atoms with E-state index < -0.39 is 5.60 Å². The van der Waals surface area contributed by atoms with Crippen molar-refractivity contribution in [3.05, 3.63) is 23.9 Å². The molecule has 164 valence electrons. The molecule has 1 aliphatic heterocycles. The summed E-state index contributed by atoms with van der Waals surface area (Å²) in [4.78, 5) is 22.6. The molecule has 8 nitrogen and oxygen atoms in total. The zero-order valence-electron chi connectivity index (χ0n) is 18.0. The molecule has 3 N–H and O–H groups in total. The van der Waals surface area contributed by atoms with E-state index in [-0.39, 0.29) is 30.1 Å². The highest BCUT2D eigenvalue weighted by Crippen LogP contribution is 2.18. The first kappa shape index (κ1) is 25.3. The molecule has 1 fully saturated rings. The van der Waals surface area contributed by atoms with Gasteiger partial charge in [0.25, 0.3) is 0 Å². The number of amides is 1. The Balaban J connectivity index is 0.00000420. The summed E-state index contributed by atoms with van der Waals surface area (Å²) in [6, 6.07) is 4.15. The molecule has 29 heavy (non-hydrogen) atoms. The van der Waals surface area contributed by atoms with Crippen LogP contribution in [0.1, 0.15) is 45.6 Å². The van der Waals surface area contributed by atoms with Gasteiger partial charge in [-0.2, -0.15) is 0 Å². The number of carbonyl (C=O) groups is 1. The van der Waals surface area contributed by atoms with E-state index in [4.69, 9.17) is 4.74 Å². The molecule has 0 aromatic carbocycles. The molecule has 0 bridgehead atoms. The molecule has 0 radical (unpaired) electrons. The van der Waals surface area contributed by atoms with Crippen LogP contribution in [0.4, 0.5) is 10.6 Å². The van der Waals surface area contributed by atoms with Gasteiger partial charge in [0.15, 0.2) is 5.96 Å². The van der Waals surface area contributed by atoms with Crippen molar-refractivity contribution in [3.8, 4) is 0 Å². The van der Waals surface area contributed by atoms with Crippen LogP contribution < -0.4 is 20.9 Å². The Morgan fingerprint density at radius 2 is 1.90 bits per heavy atom. The SMILES string of the molecule is CN=C(NCCCNC(=O)OC(C)(C)C)NCc1ccnc(N2CCCC2)c1.I. The van der Waals surface area contributed by atoms with E-state index in [2.05, 4.69) is 36.9 Å². The number of carbonyl (C=O) groups excluding carboxylic acids is 1. The fourth-order valence-electron chi connectivity index (χ4n) is 2.90. The number of ether oxygens (including phenoxy) is 1. The van der Waals surface area contributed by atoms with Gasteiger partial charge in [-0.3, -0.25) is 4.99 Å². The van der Waals surface area contributed by atoms with E-state index in [1.165, 1.54) is 18.4 Å². The Morgan fingerprint density at radius 3 is 2.55 bits per heavy atom. The summed E-state index contributed by atoms with van der Waals surface area (Å²) in [7, 11) is 1.75. The van der Waals surface area contributed by atoms with Crippen molar-refractivity contribution >= 4 is 41.8 Å². The summed E-state index contributed by atoms with van der Waals surface area (Å²) >= 11 is 0. The van der Waals surface area contributed by atoms with Crippen LogP contribution >= 0.6 is 24.0 Å². The van der Waals surface area contributed by atoms with Crippen LogP contribution in [0.2, 0.25) is 0 Å². The van der Waals surface area contributed by atoms with Crippen LogP contribution in [-0.4, -0.2) is 55.9 Å². The lowest BCUT2D eigenvalue weighted by atomic mass is 10.2. The van der Waals surface area contributed by atoms with Gasteiger partial charge >= 0.3 is 6.09 Å². The summed E-state index contributed by atoms with van der Waals surface area (Å²) in [6.45, 7) is 9.64. The number of nitrogens with one attached hydrogen (secondary N) is 3. The van der Waals surface area contributed by atoms with Crippen molar-refractivity contribution in [3.63, 3.8) is 0 Å². The highest BCUT2D eigenvalue weighted by atomic mass is 127. The number of rotatable bonds is 7. The molecule has 1 aliphatic rings. The van der Waals surface area contributed by atoms with E-state index in [1.54, 1.807) is 7.05 Å². The molecule has 2 rings (SSSR count). The Morgan fingerprint density at radius 1 is 1.21 bits per heavy atom. The van der Waals surface area contributed by atoms with E-state index >= 15 is 0 Å². The van der Waals surface area contributed by atoms with Crippen molar-refractivity contribution in [1.29, 1.82) is 0 Å². The Bertz CT molecular complexity index is 657. The molecule has 0 unspecified atom stereocenters. The summed E-state index contributed by atoms with van der Waals surface area (Å²) in [5, 5.41) is 9.32. The number of anilines is 1. The largest absolute Gasteiger partial charge is 0.444 e. The minimum absolute atomic E-state index is 0. The lowest BCUT2D eigenvalue weighted by Gasteiger charge is -2.19. The van der Waals surface area contributed by atoms with Gasteiger partial charge in [-0.15, -0.1) is 24.0 Å². The molecule has 1 amide bonds. The molecule has 2 heterocycles. The average Bonchev–Trinajstić information content (AvgIpc) is 3.17.